The summed E-state index contributed by atoms with van der Waals surface area (Å²) in [6.45, 7) is 1.41. The topological polar surface area (TPSA) is 66.5 Å². The van der Waals surface area contributed by atoms with Gasteiger partial charge in [-0.25, -0.2) is 13.1 Å². The number of hydrogen-bond acceptors (Lipinski definition) is 3. The Hall–Kier alpha value is -2.18. The first-order chi connectivity index (χ1) is 13.5. The third kappa shape index (κ3) is 4.13. The Morgan fingerprint density at radius 1 is 0.929 bits per heavy atom. The third-order valence-corrected chi connectivity index (χ3v) is 7.20. The molecule has 0 spiro atoms. The van der Waals surface area contributed by atoms with Crippen LogP contribution in [0.4, 0.5) is 0 Å². The summed E-state index contributed by atoms with van der Waals surface area (Å²) in [4.78, 5) is 14.6. The van der Waals surface area contributed by atoms with Crippen LogP contribution < -0.4 is 4.72 Å². The lowest BCUT2D eigenvalue weighted by atomic mass is 9.92. The van der Waals surface area contributed by atoms with Crippen molar-refractivity contribution in [2.75, 3.05) is 13.1 Å². The smallest absolute Gasteiger partial charge is 0.240 e. The van der Waals surface area contributed by atoms with Crippen molar-refractivity contribution in [1.82, 2.24) is 9.62 Å². The molecule has 0 aromatic heterocycles. The molecule has 0 saturated carbocycles. The molecule has 1 heterocycles. The number of hydrogen-bond donors (Lipinski definition) is 1. The Labute approximate surface area is 166 Å². The number of carbonyl (C=O) groups excluding carboxylic acids is 1. The highest BCUT2D eigenvalue weighted by Gasteiger charge is 2.22. The maximum absolute atomic E-state index is 12.6. The van der Waals surface area contributed by atoms with Gasteiger partial charge in [-0.3, -0.25) is 4.79 Å². The molecule has 4 rings (SSSR count). The average Bonchev–Trinajstić information content (AvgIpc) is 2.72. The number of benzene rings is 2. The molecule has 28 heavy (non-hydrogen) atoms. The number of nitrogens with zero attached hydrogens (tertiary/aromatic N) is 1. The van der Waals surface area contributed by atoms with Crippen molar-refractivity contribution >= 4 is 15.9 Å². The predicted octanol–water partition coefficient (Wildman–Crippen LogP) is 2.82. The number of fused-ring (bicyclic) bond motifs is 2. The molecule has 2 aromatic rings. The molecule has 1 aliphatic heterocycles. The van der Waals surface area contributed by atoms with E-state index in [1.54, 1.807) is 12.1 Å². The van der Waals surface area contributed by atoms with Gasteiger partial charge in [0.1, 0.15) is 0 Å². The van der Waals surface area contributed by atoms with Crippen molar-refractivity contribution in [3.63, 3.8) is 0 Å². The molecule has 1 N–H and O–H groups in total. The molecule has 1 amide bonds. The van der Waals surface area contributed by atoms with Crippen LogP contribution in [0.2, 0.25) is 0 Å². The van der Waals surface area contributed by atoms with E-state index in [4.69, 9.17) is 0 Å². The second-order valence-corrected chi connectivity index (χ2v) is 9.39. The highest BCUT2D eigenvalue weighted by Crippen LogP contribution is 2.24. The zero-order chi connectivity index (χ0) is 19.6. The van der Waals surface area contributed by atoms with Gasteiger partial charge in [0.25, 0.3) is 0 Å². The van der Waals surface area contributed by atoms with Crippen LogP contribution in [0.15, 0.2) is 47.4 Å². The SMILES string of the molecule is O=C(CCNS(=O)(=O)c1ccc2c(c1)CCCC2)N1CCc2ccccc2C1. The zero-order valence-corrected chi connectivity index (χ0v) is 16.8. The molecular formula is C22H26N2O3S. The summed E-state index contributed by atoms with van der Waals surface area (Å²) >= 11 is 0. The Bertz CT molecular complexity index is 985. The fourth-order valence-electron chi connectivity index (χ4n) is 4.12. The molecule has 0 unspecified atom stereocenters. The van der Waals surface area contributed by atoms with Gasteiger partial charge in [0, 0.05) is 26.1 Å². The van der Waals surface area contributed by atoms with Gasteiger partial charge in [-0.05, 0) is 66.5 Å². The van der Waals surface area contributed by atoms with Crippen LogP contribution in [-0.4, -0.2) is 32.3 Å². The third-order valence-electron chi connectivity index (χ3n) is 5.74. The molecule has 0 radical (unpaired) electrons. The summed E-state index contributed by atoms with van der Waals surface area (Å²) in [7, 11) is -3.59. The van der Waals surface area contributed by atoms with Crippen LogP contribution in [0.5, 0.6) is 0 Å². The fraction of sp³-hybridized carbons (Fsp3) is 0.409. The van der Waals surface area contributed by atoms with Crippen LogP contribution in [0.3, 0.4) is 0 Å². The van der Waals surface area contributed by atoms with E-state index in [1.165, 1.54) is 23.1 Å². The molecule has 5 nitrogen and oxygen atoms in total. The Morgan fingerprint density at radius 3 is 2.46 bits per heavy atom. The van der Waals surface area contributed by atoms with Crippen molar-refractivity contribution < 1.29 is 13.2 Å². The van der Waals surface area contributed by atoms with E-state index >= 15 is 0 Å². The first-order valence-electron chi connectivity index (χ1n) is 9.99. The van der Waals surface area contributed by atoms with Crippen molar-refractivity contribution in [2.24, 2.45) is 0 Å². The van der Waals surface area contributed by atoms with Gasteiger partial charge in [0.15, 0.2) is 0 Å². The molecule has 2 aromatic carbocycles. The first-order valence-corrected chi connectivity index (χ1v) is 11.5. The second-order valence-electron chi connectivity index (χ2n) is 7.62. The lowest BCUT2D eigenvalue weighted by Gasteiger charge is -2.29. The van der Waals surface area contributed by atoms with E-state index < -0.39 is 10.0 Å². The van der Waals surface area contributed by atoms with Crippen molar-refractivity contribution in [2.45, 2.75) is 50.0 Å². The Morgan fingerprint density at radius 2 is 1.64 bits per heavy atom. The average molecular weight is 399 g/mol. The second kappa shape index (κ2) is 8.05. The maximum Gasteiger partial charge on any atom is 0.240 e. The molecule has 0 bridgehead atoms. The van der Waals surface area contributed by atoms with Crippen molar-refractivity contribution in [3.05, 3.63) is 64.7 Å². The minimum atomic E-state index is -3.59. The summed E-state index contributed by atoms with van der Waals surface area (Å²) in [5.74, 6) is -0.0114. The molecule has 0 saturated heterocycles. The van der Waals surface area contributed by atoms with E-state index in [1.807, 2.05) is 29.2 Å². The van der Waals surface area contributed by atoms with Crippen molar-refractivity contribution in [1.29, 1.82) is 0 Å². The quantitative estimate of drug-likeness (QED) is 0.842. The van der Waals surface area contributed by atoms with E-state index in [0.717, 1.165) is 31.2 Å². The summed E-state index contributed by atoms with van der Waals surface area (Å²) in [5, 5.41) is 0. The maximum atomic E-state index is 12.6. The summed E-state index contributed by atoms with van der Waals surface area (Å²) in [5.41, 5.74) is 4.86. The van der Waals surface area contributed by atoms with Crippen molar-refractivity contribution in [3.8, 4) is 0 Å². The van der Waals surface area contributed by atoms with Gasteiger partial charge in [-0.15, -0.1) is 0 Å². The highest BCUT2D eigenvalue weighted by atomic mass is 32.2. The molecule has 0 atom stereocenters. The number of nitrogens with one attached hydrogen (secondary N) is 1. The van der Waals surface area contributed by atoms with Crippen LogP contribution in [-0.2, 0) is 40.6 Å². The molecule has 1 aliphatic carbocycles. The zero-order valence-electron chi connectivity index (χ0n) is 16.0. The summed E-state index contributed by atoms with van der Waals surface area (Å²) in [6.07, 6.45) is 5.26. The molecule has 148 valence electrons. The van der Waals surface area contributed by atoms with Crippen LogP contribution in [0, 0.1) is 0 Å². The van der Waals surface area contributed by atoms with Gasteiger partial charge < -0.3 is 4.90 Å². The van der Waals surface area contributed by atoms with Gasteiger partial charge in [0.2, 0.25) is 15.9 Å². The number of amides is 1. The largest absolute Gasteiger partial charge is 0.338 e. The standard InChI is InChI=1S/C22H26N2O3S/c25-22(24-14-12-18-6-2-4-8-20(18)16-24)11-13-23-28(26,27)21-10-9-17-5-1-3-7-19(17)15-21/h2,4,6,8-10,15,23H,1,3,5,7,11-14,16H2. The first kappa shape index (κ1) is 19.2. The van der Waals surface area contributed by atoms with E-state index in [9.17, 15) is 13.2 Å². The Kier molecular flexibility index (Phi) is 5.51. The lowest BCUT2D eigenvalue weighted by molar-refractivity contribution is -0.131. The van der Waals surface area contributed by atoms with E-state index in [0.29, 0.717) is 18.0 Å². The number of carbonyl (C=O) groups is 1. The highest BCUT2D eigenvalue weighted by molar-refractivity contribution is 7.89. The number of sulfonamides is 1. The van der Waals surface area contributed by atoms with E-state index in [2.05, 4.69) is 10.8 Å². The molecule has 6 heteroatoms. The minimum Gasteiger partial charge on any atom is -0.338 e. The summed E-state index contributed by atoms with van der Waals surface area (Å²) in [6, 6.07) is 13.6. The molecule has 2 aliphatic rings. The van der Waals surface area contributed by atoms with Gasteiger partial charge in [-0.1, -0.05) is 30.3 Å². The fourth-order valence-corrected chi connectivity index (χ4v) is 5.20. The number of aryl methyl sites for hydroxylation is 2. The molecule has 0 fully saturated rings. The molecular weight excluding hydrogens is 372 g/mol. The number of rotatable bonds is 5. The van der Waals surface area contributed by atoms with Gasteiger partial charge in [-0.2, -0.15) is 0 Å². The van der Waals surface area contributed by atoms with E-state index in [-0.39, 0.29) is 18.9 Å². The predicted molar refractivity (Wildman–Crippen MR) is 108 cm³/mol. The monoisotopic (exact) mass is 398 g/mol. The van der Waals surface area contributed by atoms with Gasteiger partial charge in [0.05, 0.1) is 4.90 Å². The Balaban J connectivity index is 1.34. The van der Waals surface area contributed by atoms with Gasteiger partial charge >= 0.3 is 0 Å². The van der Waals surface area contributed by atoms with Crippen LogP contribution >= 0.6 is 0 Å². The van der Waals surface area contributed by atoms with Crippen LogP contribution in [0.1, 0.15) is 41.5 Å². The lowest BCUT2D eigenvalue weighted by Crippen LogP contribution is -2.38. The summed E-state index contributed by atoms with van der Waals surface area (Å²) < 4.78 is 27.8. The normalized spacial score (nSPS) is 16.4. The van der Waals surface area contributed by atoms with Crippen LogP contribution in [0.25, 0.3) is 0 Å². The minimum absolute atomic E-state index is 0.0114.